The molecular formula is C11H15N. The number of hydrogen-bond acceptors (Lipinski definition) is 0. The normalized spacial score (nSPS) is 10.8. The Bertz CT molecular complexity index is 292. The molecule has 0 unspecified atom stereocenters. The summed E-state index contributed by atoms with van der Waals surface area (Å²) in [5.41, 5.74) is 2.42. The maximum absolute atomic E-state index is 3.76. The van der Waals surface area contributed by atoms with Crippen molar-refractivity contribution in [3.05, 3.63) is 36.2 Å². The molecule has 1 heteroatoms. The lowest BCUT2D eigenvalue weighted by Gasteiger charge is -1.96. The summed E-state index contributed by atoms with van der Waals surface area (Å²) in [5, 5.41) is 0. The van der Waals surface area contributed by atoms with Crippen molar-refractivity contribution in [3.63, 3.8) is 0 Å². The van der Waals surface area contributed by atoms with E-state index in [0.717, 1.165) is 12.1 Å². The molecule has 0 radical (unpaired) electrons. The Labute approximate surface area is 74.0 Å². The van der Waals surface area contributed by atoms with Crippen molar-refractivity contribution in [2.24, 2.45) is 0 Å². The van der Waals surface area contributed by atoms with Crippen molar-refractivity contribution in [2.45, 2.75) is 20.3 Å². The summed E-state index contributed by atoms with van der Waals surface area (Å²) in [4.78, 5) is 0. The van der Waals surface area contributed by atoms with E-state index in [1.54, 1.807) is 0 Å². The van der Waals surface area contributed by atoms with Crippen LogP contribution in [0.15, 0.2) is 24.9 Å². The van der Waals surface area contributed by atoms with E-state index < -0.39 is 0 Å². The number of allylic oxidation sites excluding steroid dienone is 1. The van der Waals surface area contributed by atoms with E-state index in [-0.39, 0.29) is 0 Å². The summed E-state index contributed by atoms with van der Waals surface area (Å²) in [6.07, 6.45) is 9.24. The van der Waals surface area contributed by atoms with Crippen LogP contribution >= 0.6 is 0 Å². The molecule has 0 aliphatic carbocycles. The Morgan fingerprint density at radius 2 is 2.33 bits per heavy atom. The first-order chi connectivity index (χ1) is 5.77. The lowest BCUT2D eigenvalue weighted by Crippen LogP contribution is -1.84. The lowest BCUT2D eigenvalue weighted by atomic mass is 10.3. The van der Waals surface area contributed by atoms with Gasteiger partial charge in [-0.3, -0.25) is 0 Å². The first-order valence-corrected chi connectivity index (χ1v) is 4.25. The molecule has 1 nitrogen and oxygen atoms in total. The highest BCUT2D eigenvalue weighted by Gasteiger charge is 1.94. The van der Waals surface area contributed by atoms with E-state index in [4.69, 9.17) is 0 Å². The van der Waals surface area contributed by atoms with Crippen molar-refractivity contribution in [1.29, 1.82) is 0 Å². The van der Waals surface area contributed by atoms with Gasteiger partial charge in [-0.25, -0.2) is 0 Å². The average molecular weight is 161 g/mol. The van der Waals surface area contributed by atoms with Crippen molar-refractivity contribution >= 4 is 12.3 Å². The van der Waals surface area contributed by atoms with Crippen LogP contribution in [0, 0.1) is 6.92 Å². The molecule has 0 aliphatic rings. The summed E-state index contributed by atoms with van der Waals surface area (Å²) < 4.78 is 2.09. The fraction of sp³-hybridized carbons (Fsp3) is 0.273. The number of nitrogens with zero attached hydrogens (tertiary/aromatic N) is 1. The van der Waals surface area contributed by atoms with Gasteiger partial charge in [0.1, 0.15) is 0 Å². The van der Waals surface area contributed by atoms with Crippen molar-refractivity contribution < 1.29 is 0 Å². The zero-order valence-corrected chi connectivity index (χ0v) is 7.75. The third-order valence-corrected chi connectivity index (χ3v) is 1.73. The second kappa shape index (κ2) is 3.96. The number of hydrogen-bond donors (Lipinski definition) is 0. The summed E-state index contributed by atoms with van der Waals surface area (Å²) in [6.45, 7) is 7.97. The van der Waals surface area contributed by atoms with Crippen LogP contribution in [0.5, 0.6) is 0 Å². The Morgan fingerprint density at radius 3 is 2.92 bits per heavy atom. The van der Waals surface area contributed by atoms with Crippen molar-refractivity contribution in [3.8, 4) is 0 Å². The number of aromatic nitrogens is 1. The first kappa shape index (κ1) is 8.85. The molecule has 0 saturated carbocycles. The molecule has 0 bridgehead atoms. The molecule has 1 rings (SSSR count). The second-order valence-corrected chi connectivity index (χ2v) is 2.85. The van der Waals surface area contributed by atoms with Gasteiger partial charge >= 0.3 is 0 Å². The van der Waals surface area contributed by atoms with Crippen LogP contribution in [0.1, 0.15) is 24.6 Å². The first-order valence-electron chi connectivity index (χ1n) is 4.25. The highest BCUT2D eigenvalue weighted by molar-refractivity contribution is 5.49. The van der Waals surface area contributed by atoms with E-state index in [1.807, 2.05) is 6.08 Å². The molecule has 0 aliphatic heterocycles. The summed E-state index contributed by atoms with van der Waals surface area (Å²) in [7, 11) is 0. The molecule has 0 N–H and O–H groups in total. The smallest absolute Gasteiger partial charge is 0.0446 e. The van der Waals surface area contributed by atoms with Gasteiger partial charge in [-0.2, -0.15) is 0 Å². The molecule has 1 aromatic heterocycles. The maximum atomic E-state index is 3.76. The van der Waals surface area contributed by atoms with Crippen LogP contribution in [-0.2, 0) is 0 Å². The minimum atomic E-state index is 1.06. The largest absolute Gasteiger partial charge is 0.324 e. The Morgan fingerprint density at radius 1 is 1.58 bits per heavy atom. The van der Waals surface area contributed by atoms with Gasteiger partial charge in [0, 0.05) is 18.1 Å². The minimum absolute atomic E-state index is 1.06. The van der Waals surface area contributed by atoms with Crippen LogP contribution < -0.4 is 0 Å². The van der Waals surface area contributed by atoms with Gasteiger partial charge in [0.2, 0.25) is 0 Å². The fourth-order valence-corrected chi connectivity index (χ4v) is 1.15. The second-order valence-electron chi connectivity index (χ2n) is 2.85. The zero-order chi connectivity index (χ0) is 8.97. The molecular weight excluding hydrogens is 146 g/mol. The van der Waals surface area contributed by atoms with Crippen LogP contribution in [0.2, 0.25) is 0 Å². The molecule has 1 aromatic rings. The number of rotatable bonds is 3. The predicted molar refractivity (Wildman–Crippen MR) is 54.9 cm³/mol. The monoisotopic (exact) mass is 161 g/mol. The Kier molecular flexibility index (Phi) is 2.92. The van der Waals surface area contributed by atoms with Crippen LogP contribution in [-0.4, -0.2) is 4.57 Å². The Hall–Kier alpha value is -1.24. The van der Waals surface area contributed by atoms with Crippen molar-refractivity contribution in [2.75, 3.05) is 0 Å². The topological polar surface area (TPSA) is 4.93 Å². The van der Waals surface area contributed by atoms with Gasteiger partial charge in [-0.1, -0.05) is 19.6 Å². The van der Waals surface area contributed by atoms with Gasteiger partial charge in [0.25, 0.3) is 0 Å². The fourth-order valence-electron chi connectivity index (χ4n) is 1.15. The molecule has 0 spiro atoms. The van der Waals surface area contributed by atoms with E-state index in [9.17, 15) is 0 Å². The van der Waals surface area contributed by atoms with Gasteiger partial charge in [0.05, 0.1) is 0 Å². The molecule has 12 heavy (non-hydrogen) atoms. The highest BCUT2D eigenvalue weighted by Crippen LogP contribution is 2.09. The average Bonchev–Trinajstić information content (AvgIpc) is 2.42. The molecule has 0 saturated heterocycles. The van der Waals surface area contributed by atoms with Crippen LogP contribution in [0.25, 0.3) is 12.3 Å². The van der Waals surface area contributed by atoms with Gasteiger partial charge in [0.15, 0.2) is 0 Å². The van der Waals surface area contributed by atoms with Gasteiger partial charge in [-0.15, -0.1) is 0 Å². The maximum Gasteiger partial charge on any atom is 0.0446 e. The third kappa shape index (κ3) is 1.88. The SMILES string of the molecule is C=Cc1cc(C)cn1/C=C\CC. The van der Waals surface area contributed by atoms with E-state index in [2.05, 4.69) is 49.5 Å². The Balaban J connectivity index is 2.96. The van der Waals surface area contributed by atoms with Gasteiger partial charge < -0.3 is 4.57 Å². The summed E-state index contributed by atoms with van der Waals surface area (Å²) >= 11 is 0. The minimum Gasteiger partial charge on any atom is -0.324 e. The standard InChI is InChI=1S/C11H15N/c1-4-6-7-12-9-10(3)8-11(12)5-2/h5-9H,2,4H2,1,3H3/b7-6-. The van der Waals surface area contributed by atoms with Gasteiger partial charge in [-0.05, 0) is 31.1 Å². The summed E-state index contributed by atoms with van der Waals surface area (Å²) in [6, 6.07) is 2.12. The van der Waals surface area contributed by atoms with E-state index >= 15 is 0 Å². The molecule has 0 atom stereocenters. The predicted octanol–water partition coefficient (Wildman–Crippen LogP) is 3.32. The molecule has 0 fully saturated rings. The number of aryl methyl sites for hydroxylation is 1. The third-order valence-electron chi connectivity index (χ3n) is 1.73. The van der Waals surface area contributed by atoms with Crippen molar-refractivity contribution in [1.82, 2.24) is 4.57 Å². The molecule has 0 aromatic carbocycles. The zero-order valence-electron chi connectivity index (χ0n) is 7.75. The van der Waals surface area contributed by atoms with E-state index in [0.29, 0.717) is 0 Å². The quantitative estimate of drug-likeness (QED) is 0.641. The highest BCUT2D eigenvalue weighted by atomic mass is 14.9. The molecule has 0 amide bonds. The molecule has 1 heterocycles. The summed E-state index contributed by atoms with van der Waals surface area (Å²) in [5.74, 6) is 0. The molecule has 64 valence electrons. The van der Waals surface area contributed by atoms with E-state index in [1.165, 1.54) is 5.56 Å². The van der Waals surface area contributed by atoms with Crippen LogP contribution in [0.4, 0.5) is 0 Å². The van der Waals surface area contributed by atoms with Crippen LogP contribution in [0.3, 0.4) is 0 Å². The lowest BCUT2D eigenvalue weighted by molar-refractivity contribution is 1.12.